The minimum atomic E-state index is -0.707. The van der Waals surface area contributed by atoms with Crippen LogP contribution in [0.3, 0.4) is 0 Å². The van der Waals surface area contributed by atoms with E-state index in [0.29, 0.717) is 327 Å². The van der Waals surface area contributed by atoms with Gasteiger partial charge in [-0.25, -0.2) is 4.79 Å². The average molecular weight is 1500 g/mol. The zero-order chi connectivity index (χ0) is 68.3. The fourth-order valence-corrected chi connectivity index (χ4v) is 7.83. The normalized spacial score (nSPS) is 12.5. The van der Waals surface area contributed by atoms with E-state index in [1.54, 1.807) is 4.90 Å². The average Bonchev–Trinajstić information content (AvgIpc) is 1.86. The molecule has 1 heterocycles. The van der Waals surface area contributed by atoms with E-state index in [1.165, 1.54) is 6.92 Å². The molecule has 0 aromatic rings. The maximum Gasteiger partial charge on any atom is 0.335 e. The molecule has 1 rings (SSSR count). The van der Waals surface area contributed by atoms with Crippen molar-refractivity contribution in [2.24, 2.45) is 0 Å². The molecular weight excluding hydrogens is 1380 g/mol. The number of hydrogen-bond acceptors (Lipinski definition) is 30. The van der Waals surface area contributed by atoms with Crippen LogP contribution in [0.5, 0.6) is 0 Å². The Bertz CT molecular complexity index is 1680. The molecule has 33 nitrogen and oxygen atoms in total. The second-order valence-corrected chi connectivity index (χ2v) is 20.2. The predicted octanol–water partition coefficient (Wildman–Crippen LogP) is 0.129. The van der Waals surface area contributed by atoms with E-state index in [9.17, 15) is 24.0 Å². The summed E-state index contributed by atoms with van der Waals surface area (Å²) in [6.45, 7) is 23.6. The zero-order valence-electron chi connectivity index (χ0n) is 56.4. The highest BCUT2D eigenvalue weighted by molar-refractivity contribution is 14.1. The lowest BCUT2D eigenvalue weighted by Crippen LogP contribution is -2.34. The van der Waals surface area contributed by atoms with Crippen LogP contribution >= 0.6 is 22.6 Å². The topological polar surface area (TPSA) is 335 Å². The second kappa shape index (κ2) is 75.5. The molecule has 0 aliphatic carbocycles. The Kier molecular flexibility index (Phi) is 71.8. The summed E-state index contributed by atoms with van der Waals surface area (Å²) in [5.74, 6) is -1.89. The number of imide groups is 1. The molecule has 4 amide bonds. The van der Waals surface area contributed by atoms with Gasteiger partial charge >= 0.3 is 5.97 Å². The third-order valence-corrected chi connectivity index (χ3v) is 12.8. The van der Waals surface area contributed by atoms with E-state index in [-0.39, 0.29) is 50.7 Å². The zero-order valence-corrected chi connectivity index (χ0v) is 58.6. The van der Waals surface area contributed by atoms with E-state index in [4.69, 9.17) is 119 Å². The van der Waals surface area contributed by atoms with Gasteiger partial charge in [-0.2, -0.15) is 0 Å². The van der Waals surface area contributed by atoms with Crippen LogP contribution in [0.4, 0.5) is 0 Å². The third-order valence-electron chi connectivity index (χ3n) is 12.0. The lowest BCUT2D eigenvalue weighted by atomic mass is 10.3. The molecule has 0 aromatic heterocycles. The number of carbonyl (C=O) groups is 5. The summed E-state index contributed by atoms with van der Waals surface area (Å²) in [5.41, 5.74) is 0. The molecule has 0 atom stereocenters. The summed E-state index contributed by atoms with van der Waals surface area (Å²) in [4.78, 5) is 64.2. The Balaban J connectivity index is 1.60. The van der Waals surface area contributed by atoms with Crippen LogP contribution < -0.4 is 5.32 Å². The van der Waals surface area contributed by atoms with Crippen LogP contribution in [0.2, 0.25) is 0 Å². The van der Waals surface area contributed by atoms with Crippen molar-refractivity contribution in [1.82, 2.24) is 15.3 Å². The smallest absolute Gasteiger partial charge is 0.335 e. The van der Waals surface area contributed by atoms with Gasteiger partial charge in [0, 0.05) is 39.3 Å². The number of amides is 4. The first-order chi connectivity index (χ1) is 46.8. The first kappa shape index (κ1) is 90.3. The molecule has 0 spiro atoms. The van der Waals surface area contributed by atoms with Gasteiger partial charge in [-0.1, -0.05) is 22.6 Å². The molecule has 0 aromatic carbocycles. The minimum Gasteiger partial charge on any atom is -0.378 e. The van der Waals surface area contributed by atoms with Crippen LogP contribution in [-0.4, -0.2) is 374 Å². The molecule has 0 radical (unpaired) electrons. The molecule has 95 heavy (non-hydrogen) atoms. The quantitative estimate of drug-likeness (QED) is 0.0278. The maximum atomic E-state index is 11.9. The van der Waals surface area contributed by atoms with E-state index >= 15 is 0 Å². The highest BCUT2D eigenvalue weighted by Crippen LogP contribution is 2.12. The lowest BCUT2D eigenvalue weighted by Gasteiger charge is -2.17. The Morgan fingerprint density at radius 3 is 0.695 bits per heavy atom. The summed E-state index contributed by atoms with van der Waals surface area (Å²) in [6.07, 6.45) is 0.285. The molecule has 0 unspecified atom stereocenters. The number of hydrogen-bond donors (Lipinski definition) is 1. The van der Waals surface area contributed by atoms with Crippen LogP contribution in [0, 0.1) is 0 Å². The first-order valence-electron chi connectivity index (χ1n) is 32.9. The third kappa shape index (κ3) is 68.2. The van der Waals surface area contributed by atoms with Gasteiger partial charge in [0.1, 0.15) is 0 Å². The Morgan fingerprint density at radius 2 is 0.505 bits per heavy atom. The van der Waals surface area contributed by atoms with Gasteiger partial charge in [0.2, 0.25) is 11.8 Å². The molecule has 1 N–H and O–H groups in total. The molecule has 34 heteroatoms. The molecule has 1 fully saturated rings. The number of halogens is 1. The van der Waals surface area contributed by atoms with Crippen LogP contribution in [0.1, 0.15) is 32.6 Å². The van der Waals surface area contributed by atoms with Crippen molar-refractivity contribution in [1.29, 1.82) is 0 Å². The number of rotatable bonds is 80. The monoisotopic (exact) mass is 1500 g/mol. The number of alkyl halides is 1. The summed E-state index contributed by atoms with van der Waals surface area (Å²) in [7, 11) is 0. The standard InChI is InChI=1S/C61H114IN3O30/c1-57(66)64(56-62)7-4-58(67)63-6-9-72-11-13-74-15-17-76-19-21-78-23-25-80-27-29-82-31-33-84-35-37-86-39-41-88-43-45-90-47-49-92-51-53-94-55-54-93-52-50-91-48-46-89-44-42-87-40-38-85-36-34-83-32-30-81-28-26-79-24-22-77-20-18-75-16-14-73-12-10-71-8-5-61(70)95-65-59(68)2-3-60(65)69/h2-56H2,1H3,(H,63,67). The van der Waals surface area contributed by atoms with E-state index in [2.05, 4.69) is 27.9 Å². The number of nitrogens with one attached hydrogen (secondary N) is 1. The van der Waals surface area contributed by atoms with Crippen molar-refractivity contribution >= 4 is 52.2 Å². The van der Waals surface area contributed by atoms with Crippen LogP contribution in [0.25, 0.3) is 0 Å². The number of hydroxylamine groups is 2. The molecule has 1 aliphatic rings. The first-order valence-corrected chi connectivity index (χ1v) is 34.4. The number of nitrogens with zero attached hydrogens (tertiary/aromatic N) is 2. The van der Waals surface area contributed by atoms with Gasteiger partial charge < -0.3 is 129 Å². The highest BCUT2D eigenvalue weighted by Gasteiger charge is 2.32. The summed E-state index contributed by atoms with van der Waals surface area (Å²) in [6, 6.07) is 0. The Labute approximate surface area is 575 Å². The fourth-order valence-electron chi connectivity index (χ4n) is 7.01. The van der Waals surface area contributed by atoms with Crippen molar-refractivity contribution in [3.63, 3.8) is 0 Å². The molecule has 0 saturated carbocycles. The van der Waals surface area contributed by atoms with Crippen molar-refractivity contribution < 1.29 is 142 Å². The fraction of sp³-hybridized carbons (Fsp3) is 0.918. The summed E-state index contributed by atoms with van der Waals surface area (Å²) >= 11 is 2.10. The predicted molar refractivity (Wildman–Crippen MR) is 345 cm³/mol. The minimum absolute atomic E-state index is 0.0439. The van der Waals surface area contributed by atoms with Gasteiger partial charge in [-0.05, 0) is 0 Å². The summed E-state index contributed by atoms with van der Waals surface area (Å²) in [5, 5.41) is 3.29. The Morgan fingerprint density at radius 1 is 0.316 bits per heavy atom. The Hall–Kier alpha value is -2.68. The SMILES string of the molecule is CC(=O)N(CI)CCC(=O)NCCOCCOCCOCCOCCOCCOCCOCCOCCOCCOCCOCCOCCOCCOCCOCCOCCOCCOCCOCCOCCOCCOCCOCCOCCC(=O)ON1C(=O)CCC1=O. The number of ether oxygens (including phenoxy) is 24. The maximum absolute atomic E-state index is 11.9. The van der Waals surface area contributed by atoms with Crippen molar-refractivity contribution in [2.75, 3.05) is 335 Å². The van der Waals surface area contributed by atoms with Crippen LogP contribution in [0.15, 0.2) is 0 Å². The summed E-state index contributed by atoms with van der Waals surface area (Å²) < 4.78 is 132. The second-order valence-electron chi connectivity index (χ2n) is 19.5. The molecule has 1 aliphatic heterocycles. The molecular formula is C61H114IN3O30. The van der Waals surface area contributed by atoms with Gasteiger partial charge in [-0.15, -0.1) is 5.06 Å². The molecule has 1 saturated heterocycles. The molecule has 560 valence electrons. The van der Waals surface area contributed by atoms with Gasteiger partial charge in [0.25, 0.3) is 11.8 Å². The lowest BCUT2D eigenvalue weighted by molar-refractivity contribution is -0.198. The van der Waals surface area contributed by atoms with Gasteiger partial charge in [0.15, 0.2) is 0 Å². The van der Waals surface area contributed by atoms with Gasteiger partial charge in [0.05, 0.1) is 328 Å². The van der Waals surface area contributed by atoms with Crippen molar-refractivity contribution in [2.45, 2.75) is 32.6 Å². The van der Waals surface area contributed by atoms with Gasteiger partial charge in [-0.3, -0.25) is 19.2 Å². The van der Waals surface area contributed by atoms with Crippen LogP contribution in [-0.2, 0) is 142 Å². The highest BCUT2D eigenvalue weighted by atomic mass is 127. The van der Waals surface area contributed by atoms with Crippen molar-refractivity contribution in [3.8, 4) is 0 Å². The molecule has 0 bridgehead atoms. The van der Waals surface area contributed by atoms with Crippen molar-refractivity contribution in [3.05, 3.63) is 0 Å². The number of carbonyl (C=O) groups excluding carboxylic acids is 5. The van der Waals surface area contributed by atoms with E-state index in [0.717, 1.165) is 0 Å². The van der Waals surface area contributed by atoms with E-state index in [1.807, 2.05) is 0 Å². The van der Waals surface area contributed by atoms with E-state index < -0.39 is 17.8 Å². The largest absolute Gasteiger partial charge is 0.378 e.